The van der Waals surface area contributed by atoms with Crippen molar-refractivity contribution in [3.63, 3.8) is 0 Å². The van der Waals surface area contributed by atoms with Crippen LogP contribution in [0.5, 0.6) is 0 Å². The van der Waals surface area contributed by atoms with E-state index in [9.17, 15) is 9.59 Å². The zero-order valence-electron chi connectivity index (χ0n) is 15.9. The Morgan fingerprint density at radius 1 is 0.767 bits per heavy atom. The number of hydrogen-bond donors (Lipinski definition) is 3. The number of anilines is 3. The number of carbonyl (C=O) groups is 2. The van der Waals surface area contributed by atoms with Gasteiger partial charge in [-0.05, 0) is 48.5 Å². The molecule has 0 atom stereocenters. The van der Waals surface area contributed by atoms with Crippen LogP contribution in [-0.4, -0.2) is 25.2 Å². The van der Waals surface area contributed by atoms with Gasteiger partial charge in [-0.15, -0.1) is 0 Å². The molecule has 0 unspecified atom stereocenters. The Hall–Kier alpha value is -3.22. The van der Waals surface area contributed by atoms with Crippen molar-refractivity contribution in [2.75, 3.05) is 28.6 Å². The van der Waals surface area contributed by atoms with Crippen LogP contribution in [0.15, 0.2) is 78.9 Å². The number of urea groups is 2. The Kier molecular flexibility index (Phi) is 7.54. The van der Waals surface area contributed by atoms with E-state index in [2.05, 4.69) is 16.0 Å². The molecule has 0 aliphatic rings. The van der Waals surface area contributed by atoms with Gasteiger partial charge in [-0.1, -0.05) is 53.5 Å². The van der Waals surface area contributed by atoms with Crippen LogP contribution in [-0.2, 0) is 0 Å². The summed E-state index contributed by atoms with van der Waals surface area (Å²) in [7, 11) is 0. The molecule has 154 valence electrons. The lowest BCUT2D eigenvalue weighted by atomic mass is 10.3. The predicted molar refractivity (Wildman–Crippen MR) is 123 cm³/mol. The number of para-hydroxylation sites is 1. The first-order valence-corrected chi connectivity index (χ1v) is 9.96. The number of benzene rings is 3. The molecule has 0 heterocycles. The van der Waals surface area contributed by atoms with E-state index in [-0.39, 0.29) is 25.2 Å². The van der Waals surface area contributed by atoms with Crippen LogP contribution in [0.1, 0.15) is 0 Å². The third-order valence-electron chi connectivity index (χ3n) is 4.09. The molecule has 3 rings (SSSR count). The maximum absolute atomic E-state index is 12.9. The van der Waals surface area contributed by atoms with Crippen molar-refractivity contribution in [3.8, 4) is 0 Å². The summed E-state index contributed by atoms with van der Waals surface area (Å²) in [5.74, 6) is 0. The highest BCUT2D eigenvalue weighted by Crippen LogP contribution is 2.18. The van der Waals surface area contributed by atoms with Crippen LogP contribution in [0.25, 0.3) is 0 Å². The van der Waals surface area contributed by atoms with Crippen molar-refractivity contribution >= 4 is 52.3 Å². The lowest BCUT2D eigenvalue weighted by Crippen LogP contribution is -2.42. The fourth-order valence-corrected chi connectivity index (χ4v) is 3.12. The van der Waals surface area contributed by atoms with E-state index in [1.54, 1.807) is 53.4 Å². The molecule has 4 amide bonds. The molecule has 0 aliphatic heterocycles. The van der Waals surface area contributed by atoms with Gasteiger partial charge >= 0.3 is 12.1 Å². The van der Waals surface area contributed by atoms with E-state index >= 15 is 0 Å². The van der Waals surface area contributed by atoms with Crippen LogP contribution in [0, 0.1) is 0 Å². The second-order valence-corrected chi connectivity index (χ2v) is 7.19. The van der Waals surface area contributed by atoms with Crippen LogP contribution in [0.3, 0.4) is 0 Å². The van der Waals surface area contributed by atoms with Gasteiger partial charge in [0.25, 0.3) is 0 Å². The predicted octanol–water partition coefficient (Wildman–Crippen LogP) is 5.85. The lowest BCUT2D eigenvalue weighted by molar-refractivity contribution is 0.250. The number of carbonyl (C=O) groups excluding carboxylic acids is 2. The standard InChI is InChI=1S/C22H20Cl2N4O2/c23-16-6-4-8-18(14-16)26-21(29)25-12-13-28(20-10-2-1-3-11-20)22(30)27-19-9-5-7-17(24)15-19/h1-11,14-15H,12-13H2,(H,27,30)(H2,25,26,29). The van der Waals surface area contributed by atoms with Gasteiger partial charge in [0.1, 0.15) is 0 Å². The minimum Gasteiger partial charge on any atom is -0.336 e. The van der Waals surface area contributed by atoms with Crippen molar-refractivity contribution < 1.29 is 9.59 Å². The molecular weight excluding hydrogens is 423 g/mol. The largest absolute Gasteiger partial charge is 0.336 e. The average molecular weight is 443 g/mol. The molecule has 3 aromatic carbocycles. The molecular formula is C22H20Cl2N4O2. The number of hydrogen-bond acceptors (Lipinski definition) is 2. The number of halogens is 2. The molecule has 0 fully saturated rings. The summed E-state index contributed by atoms with van der Waals surface area (Å²) in [6.45, 7) is 0.504. The highest BCUT2D eigenvalue weighted by atomic mass is 35.5. The van der Waals surface area contributed by atoms with Crippen LogP contribution in [0.2, 0.25) is 10.0 Å². The molecule has 0 radical (unpaired) electrons. The second kappa shape index (κ2) is 10.5. The summed E-state index contributed by atoms with van der Waals surface area (Å²) >= 11 is 11.9. The SMILES string of the molecule is O=C(NCCN(C(=O)Nc1cccc(Cl)c1)c1ccccc1)Nc1cccc(Cl)c1. The van der Waals surface area contributed by atoms with E-state index < -0.39 is 0 Å². The van der Waals surface area contributed by atoms with E-state index in [0.717, 1.165) is 0 Å². The molecule has 0 bridgehead atoms. The summed E-state index contributed by atoms with van der Waals surface area (Å²) in [5, 5.41) is 9.33. The summed E-state index contributed by atoms with van der Waals surface area (Å²) < 4.78 is 0. The lowest BCUT2D eigenvalue weighted by Gasteiger charge is -2.23. The fraction of sp³-hybridized carbons (Fsp3) is 0.0909. The van der Waals surface area contributed by atoms with Crippen molar-refractivity contribution in [3.05, 3.63) is 88.9 Å². The second-order valence-electron chi connectivity index (χ2n) is 6.32. The van der Waals surface area contributed by atoms with Gasteiger partial charge in [-0.2, -0.15) is 0 Å². The quantitative estimate of drug-likeness (QED) is 0.447. The maximum Gasteiger partial charge on any atom is 0.326 e. The summed E-state index contributed by atoms with van der Waals surface area (Å²) in [6.07, 6.45) is 0. The van der Waals surface area contributed by atoms with Gasteiger partial charge in [-0.25, -0.2) is 9.59 Å². The monoisotopic (exact) mass is 442 g/mol. The molecule has 3 N–H and O–H groups in total. The minimum atomic E-state index is -0.388. The Labute approximate surface area is 184 Å². The van der Waals surface area contributed by atoms with Gasteiger partial charge in [0.2, 0.25) is 0 Å². The molecule has 6 nitrogen and oxygen atoms in total. The first-order valence-electron chi connectivity index (χ1n) is 9.21. The van der Waals surface area contributed by atoms with Crippen molar-refractivity contribution in [2.24, 2.45) is 0 Å². The highest BCUT2D eigenvalue weighted by Gasteiger charge is 2.16. The normalized spacial score (nSPS) is 10.2. The molecule has 0 aliphatic carbocycles. The summed E-state index contributed by atoms with van der Waals surface area (Å²) in [5.41, 5.74) is 1.87. The summed E-state index contributed by atoms with van der Waals surface area (Å²) in [6, 6.07) is 22.2. The maximum atomic E-state index is 12.9. The minimum absolute atomic E-state index is 0.240. The Balaban J connectivity index is 1.61. The number of amides is 4. The smallest absolute Gasteiger partial charge is 0.326 e. The van der Waals surface area contributed by atoms with Gasteiger partial charge in [-0.3, -0.25) is 4.90 Å². The highest BCUT2D eigenvalue weighted by molar-refractivity contribution is 6.31. The molecule has 8 heteroatoms. The molecule has 0 spiro atoms. The molecule has 0 saturated heterocycles. The molecule has 0 saturated carbocycles. The molecule has 30 heavy (non-hydrogen) atoms. The van der Waals surface area contributed by atoms with Crippen LogP contribution < -0.4 is 20.9 Å². The third kappa shape index (κ3) is 6.40. The third-order valence-corrected chi connectivity index (χ3v) is 4.56. The van der Waals surface area contributed by atoms with E-state index in [1.165, 1.54) is 0 Å². The Morgan fingerprint density at radius 3 is 1.97 bits per heavy atom. The molecule has 3 aromatic rings. The van der Waals surface area contributed by atoms with Crippen LogP contribution >= 0.6 is 23.2 Å². The number of rotatable bonds is 6. The zero-order valence-corrected chi connectivity index (χ0v) is 17.5. The average Bonchev–Trinajstić information content (AvgIpc) is 2.72. The Morgan fingerprint density at radius 2 is 1.37 bits per heavy atom. The number of nitrogens with one attached hydrogen (secondary N) is 3. The summed E-state index contributed by atoms with van der Waals surface area (Å²) in [4.78, 5) is 26.5. The zero-order chi connectivity index (χ0) is 21.3. The van der Waals surface area contributed by atoms with Gasteiger partial charge in [0.15, 0.2) is 0 Å². The van der Waals surface area contributed by atoms with Crippen molar-refractivity contribution in [2.45, 2.75) is 0 Å². The Bertz CT molecular complexity index is 1010. The fourth-order valence-electron chi connectivity index (χ4n) is 2.74. The number of nitrogens with zero attached hydrogens (tertiary/aromatic N) is 1. The van der Waals surface area contributed by atoms with Crippen LogP contribution in [0.4, 0.5) is 26.7 Å². The van der Waals surface area contributed by atoms with E-state index in [1.807, 2.05) is 30.3 Å². The van der Waals surface area contributed by atoms with E-state index in [4.69, 9.17) is 23.2 Å². The van der Waals surface area contributed by atoms with Gasteiger partial charge < -0.3 is 16.0 Å². The van der Waals surface area contributed by atoms with Gasteiger partial charge in [0.05, 0.1) is 0 Å². The van der Waals surface area contributed by atoms with E-state index in [0.29, 0.717) is 27.1 Å². The van der Waals surface area contributed by atoms with Crippen molar-refractivity contribution in [1.82, 2.24) is 5.32 Å². The topological polar surface area (TPSA) is 73.5 Å². The van der Waals surface area contributed by atoms with Gasteiger partial charge in [0, 0.05) is 40.2 Å². The molecule has 0 aromatic heterocycles. The first-order chi connectivity index (χ1) is 14.5. The van der Waals surface area contributed by atoms with Crippen molar-refractivity contribution in [1.29, 1.82) is 0 Å². The first kappa shape index (κ1) is 21.5.